The molecule has 146 valence electrons. The molecule has 0 spiro atoms. The summed E-state index contributed by atoms with van der Waals surface area (Å²) in [5.74, 6) is 6.70. The molecule has 0 aliphatic carbocycles. The SMILES string of the molecule is CNc1nc(-c2cccc(C#CC3(O)CCN(C)C3=O)c2)nc2c(N)nccc12. The van der Waals surface area contributed by atoms with Crippen molar-refractivity contribution in [3.05, 3.63) is 42.1 Å². The fourth-order valence-electron chi connectivity index (χ4n) is 3.28. The van der Waals surface area contributed by atoms with E-state index in [0.717, 1.165) is 10.9 Å². The fraction of sp³-hybridized carbons (Fsp3) is 0.238. The predicted molar refractivity (Wildman–Crippen MR) is 111 cm³/mol. The lowest BCUT2D eigenvalue weighted by molar-refractivity contribution is -0.137. The van der Waals surface area contributed by atoms with Gasteiger partial charge in [0.15, 0.2) is 5.82 Å². The van der Waals surface area contributed by atoms with Crippen LogP contribution in [0.1, 0.15) is 12.0 Å². The summed E-state index contributed by atoms with van der Waals surface area (Å²) in [6, 6.07) is 9.11. The van der Waals surface area contributed by atoms with E-state index in [-0.39, 0.29) is 5.91 Å². The van der Waals surface area contributed by atoms with E-state index in [4.69, 9.17) is 5.73 Å². The number of anilines is 2. The van der Waals surface area contributed by atoms with Crippen molar-refractivity contribution in [2.75, 3.05) is 31.7 Å². The second-order valence-electron chi connectivity index (χ2n) is 6.91. The lowest BCUT2D eigenvalue weighted by atomic mass is 10.0. The molecule has 0 bridgehead atoms. The monoisotopic (exact) mass is 388 g/mol. The van der Waals surface area contributed by atoms with Crippen molar-refractivity contribution < 1.29 is 9.90 Å². The van der Waals surface area contributed by atoms with E-state index in [2.05, 4.69) is 32.1 Å². The Kier molecular flexibility index (Phi) is 4.53. The number of nitrogens with zero attached hydrogens (tertiary/aromatic N) is 4. The largest absolute Gasteiger partial charge is 0.382 e. The van der Waals surface area contributed by atoms with Crippen molar-refractivity contribution in [1.29, 1.82) is 0 Å². The molecular weight excluding hydrogens is 368 g/mol. The van der Waals surface area contributed by atoms with Gasteiger partial charge in [-0.25, -0.2) is 15.0 Å². The van der Waals surface area contributed by atoms with Gasteiger partial charge < -0.3 is 21.1 Å². The summed E-state index contributed by atoms with van der Waals surface area (Å²) in [7, 11) is 3.43. The maximum atomic E-state index is 12.1. The van der Waals surface area contributed by atoms with Crippen LogP contribution in [-0.2, 0) is 4.79 Å². The number of pyridine rings is 1. The van der Waals surface area contributed by atoms with E-state index in [1.54, 1.807) is 32.4 Å². The molecule has 1 aliphatic rings. The molecule has 1 aromatic carbocycles. The van der Waals surface area contributed by atoms with Crippen LogP contribution in [-0.4, -0.2) is 57.1 Å². The van der Waals surface area contributed by atoms with Gasteiger partial charge in [-0.1, -0.05) is 24.0 Å². The molecule has 1 unspecified atom stereocenters. The van der Waals surface area contributed by atoms with Gasteiger partial charge in [0.1, 0.15) is 17.2 Å². The highest BCUT2D eigenvalue weighted by Gasteiger charge is 2.42. The third kappa shape index (κ3) is 3.32. The minimum absolute atomic E-state index is 0.292. The van der Waals surface area contributed by atoms with Gasteiger partial charge in [-0.05, 0) is 18.2 Å². The Labute approximate surface area is 167 Å². The van der Waals surface area contributed by atoms with Crippen molar-refractivity contribution in [3.8, 4) is 23.2 Å². The molecule has 29 heavy (non-hydrogen) atoms. The van der Waals surface area contributed by atoms with Crippen molar-refractivity contribution in [1.82, 2.24) is 19.9 Å². The van der Waals surface area contributed by atoms with Crippen molar-refractivity contribution in [2.24, 2.45) is 0 Å². The van der Waals surface area contributed by atoms with Gasteiger partial charge in [0.05, 0.1) is 0 Å². The number of nitrogens with one attached hydrogen (secondary N) is 1. The number of aliphatic hydroxyl groups is 1. The number of hydrogen-bond acceptors (Lipinski definition) is 7. The van der Waals surface area contributed by atoms with Gasteiger partial charge in [-0.3, -0.25) is 4.79 Å². The Morgan fingerprint density at radius 3 is 2.86 bits per heavy atom. The normalized spacial score (nSPS) is 18.6. The second kappa shape index (κ2) is 7.04. The second-order valence-corrected chi connectivity index (χ2v) is 6.91. The highest BCUT2D eigenvalue weighted by molar-refractivity contribution is 5.96. The number of likely N-dealkylation sites (tertiary alicyclic amines) is 1. The number of benzene rings is 1. The van der Waals surface area contributed by atoms with Crippen LogP contribution < -0.4 is 11.1 Å². The number of hydrogen-bond donors (Lipinski definition) is 3. The summed E-state index contributed by atoms with van der Waals surface area (Å²) in [4.78, 5) is 26.8. The number of nitrogen functional groups attached to an aromatic ring is 1. The van der Waals surface area contributed by atoms with Crippen LogP contribution in [0.2, 0.25) is 0 Å². The summed E-state index contributed by atoms with van der Waals surface area (Å²) < 4.78 is 0. The van der Waals surface area contributed by atoms with Gasteiger partial charge in [0, 0.05) is 49.8 Å². The lowest BCUT2D eigenvalue weighted by Gasteiger charge is -2.13. The zero-order chi connectivity index (χ0) is 20.6. The molecule has 0 saturated carbocycles. The third-order valence-corrected chi connectivity index (χ3v) is 4.92. The summed E-state index contributed by atoms with van der Waals surface area (Å²) in [5, 5.41) is 14.3. The van der Waals surface area contributed by atoms with Crippen LogP contribution in [0.5, 0.6) is 0 Å². The number of carbonyl (C=O) groups excluding carboxylic acids is 1. The number of aromatic nitrogens is 3. The molecule has 1 fully saturated rings. The molecule has 8 heteroatoms. The first-order valence-corrected chi connectivity index (χ1v) is 9.13. The summed E-state index contributed by atoms with van der Waals surface area (Å²) in [6.07, 6.45) is 1.91. The van der Waals surface area contributed by atoms with E-state index >= 15 is 0 Å². The van der Waals surface area contributed by atoms with Gasteiger partial charge >= 0.3 is 0 Å². The minimum atomic E-state index is -1.64. The van der Waals surface area contributed by atoms with Crippen LogP contribution in [0.4, 0.5) is 11.6 Å². The van der Waals surface area contributed by atoms with Crippen LogP contribution in [0.25, 0.3) is 22.3 Å². The van der Waals surface area contributed by atoms with E-state index in [0.29, 0.717) is 41.5 Å². The summed E-state index contributed by atoms with van der Waals surface area (Å²) in [5.41, 5.74) is 6.31. The highest BCUT2D eigenvalue weighted by atomic mass is 16.3. The Morgan fingerprint density at radius 1 is 1.31 bits per heavy atom. The van der Waals surface area contributed by atoms with E-state index in [1.807, 2.05) is 18.2 Å². The number of carbonyl (C=O) groups is 1. The standard InChI is InChI=1S/C21H20N6O2/c1-23-19-15-7-10-24-17(22)16(15)25-18(26-19)14-5-3-4-13(12-14)6-8-21(29)9-11-27(2)20(21)28/h3-5,7,10,12,29H,9,11H2,1-2H3,(H2,22,24)(H,23,25,26). The van der Waals surface area contributed by atoms with E-state index < -0.39 is 5.60 Å². The first-order valence-electron chi connectivity index (χ1n) is 9.13. The smallest absolute Gasteiger partial charge is 0.267 e. The molecule has 3 aromatic rings. The average molecular weight is 388 g/mol. The average Bonchev–Trinajstić information content (AvgIpc) is 3.00. The van der Waals surface area contributed by atoms with Crippen molar-refractivity contribution in [3.63, 3.8) is 0 Å². The Balaban J connectivity index is 1.75. The van der Waals surface area contributed by atoms with Crippen LogP contribution in [0, 0.1) is 11.8 Å². The molecule has 2 aromatic heterocycles. The Hall–Kier alpha value is -3.70. The van der Waals surface area contributed by atoms with E-state index in [1.165, 1.54) is 4.90 Å². The molecule has 3 heterocycles. The molecular formula is C21H20N6O2. The maximum Gasteiger partial charge on any atom is 0.267 e. The van der Waals surface area contributed by atoms with E-state index in [9.17, 15) is 9.90 Å². The zero-order valence-electron chi connectivity index (χ0n) is 16.1. The third-order valence-electron chi connectivity index (χ3n) is 4.92. The van der Waals surface area contributed by atoms with Crippen LogP contribution in [0.3, 0.4) is 0 Å². The predicted octanol–water partition coefficient (Wildman–Crippen LogP) is 1.26. The first kappa shape index (κ1) is 18.7. The van der Waals surface area contributed by atoms with Gasteiger partial charge in [0.2, 0.25) is 5.60 Å². The molecule has 0 radical (unpaired) electrons. The molecule has 1 atom stereocenters. The Bertz CT molecular complexity index is 1180. The summed E-state index contributed by atoms with van der Waals surface area (Å²) >= 11 is 0. The quantitative estimate of drug-likeness (QED) is 0.566. The summed E-state index contributed by atoms with van der Waals surface area (Å²) in [6.45, 7) is 0.483. The molecule has 1 amide bonds. The highest BCUT2D eigenvalue weighted by Crippen LogP contribution is 2.27. The lowest BCUT2D eigenvalue weighted by Crippen LogP contribution is -2.37. The number of rotatable bonds is 2. The molecule has 8 nitrogen and oxygen atoms in total. The topological polar surface area (TPSA) is 117 Å². The number of amides is 1. The molecule has 4 rings (SSSR count). The minimum Gasteiger partial charge on any atom is -0.382 e. The molecule has 1 saturated heterocycles. The van der Waals surface area contributed by atoms with Crippen LogP contribution in [0.15, 0.2) is 36.5 Å². The van der Waals surface area contributed by atoms with Gasteiger partial charge in [0.25, 0.3) is 5.91 Å². The number of nitrogens with two attached hydrogens (primary N) is 1. The number of likely N-dealkylation sites (N-methyl/N-ethyl adjacent to an activating group) is 1. The van der Waals surface area contributed by atoms with Crippen LogP contribution >= 0.6 is 0 Å². The molecule has 4 N–H and O–H groups in total. The van der Waals surface area contributed by atoms with Gasteiger partial charge in [-0.2, -0.15) is 0 Å². The number of fused-ring (bicyclic) bond motifs is 1. The van der Waals surface area contributed by atoms with Crippen molar-refractivity contribution >= 4 is 28.4 Å². The van der Waals surface area contributed by atoms with Crippen molar-refractivity contribution in [2.45, 2.75) is 12.0 Å². The zero-order valence-corrected chi connectivity index (χ0v) is 16.1. The maximum absolute atomic E-state index is 12.1. The fourth-order valence-corrected chi connectivity index (χ4v) is 3.28. The Morgan fingerprint density at radius 2 is 2.14 bits per heavy atom. The van der Waals surface area contributed by atoms with Gasteiger partial charge in [-0.15, -0.1) is 0 Å². The first-order chi connectivity index (χ1) is 13.9. The molecule has 1 aliphatic heterocycles.